The fourth-order valence-electron chi connectivity index (χ4n) is 1.48. The van der Waals surface area contributed by atoms with Gasteiger partial charge in [-0.15, -0.1) is 0 Å². The van der Waals surface area contributed by atoms with E-state index in [-0.39, 0.29) is 11.9 Å². The molecule has 0 saturated carbocycles. The Balaban J connectivity index is 2.66. The number of nitriles is 1. The normalized spacial score (nSPS) is 13.5. The summed E-state index contributed by atoms with van der Waals surface area (Å²) >= 11 is 3.36. The van der Waals surface area contributed by atoms with E-state index < -0.39 is 5.92 Å². The Bertz CT molecular complexity index is 422. The molecule has 0 radical (unpaired) electrons. The summed E-state index contributed by atoms with van der Waals surface area (Å²) in [5.74, 6) is -0.765. The summed E-state index contributed by atoms with van der Waals surface area (Å²) in [6.07, 6.45) is 0.537. The second-order valence-electron chi connectivity index (χ2n) is 3.87. The first-order valence-corrected chi connectivity index (χ1v) is 6.33. The van der Waals surface area contributed by atoms with E-state index in [0.29, 0.717) is 6.42 Å². The summed E-state index contributed by atoms with van der Waals surface area (Å²) in [5, 5.41) is 11.6. The lowest BCUT2D eigenvalue weighted by Gasteiger charge is -2.16. The SMILES string of the molecule is CCC(C#N)C(=O)NC(C)c1ccc(Br)cc1. The molecule has 17 heavy (non-hydrogen) atoms. The third-order valence-electron chi connectivity index (χ3n) is 2.61. The molecule has 3 nitrogen and oxygen atoms in total. The molecule has 2 atom stereocenters. The first-order valence-electron chi connectivity index (χ1n) is 5.54. The monoisotopic (exact) mass is 294 g/mol. The van der Waals surface area contributed by atoms with Crippen LogP contribution < -0.4 is 5.32 Å². The van der Waals surface area contributed by atoms with Crippen molar-refractivity contribution in [3.05, 3.63) is 34.3 Å². The number of hydrogen-bond acceptors (Lipinski definition) is 2. The Kier molecular flexibility index (Phi) is 5.17. The van der Waals surface area contributed by atoms with E-state index in [0.717, 1.165) is 10.0 Å². The summed E-state index contributed by atoms with van der Waals surface area (Å²) in [6.45, 7) is 3.74. The predicted octanol–water partition coefficient (Wildman–Crippen LogP) is 3.18. The van der Waals surface area contributed by atoms with Crippen LogP contribution in [0.3, 0.4) is 0 Å². The van der Waals surface area contributed by atoms with Gasteiger partial charge in [-0.25, -0.2) is 0 Å². The number of rotatable bonds is 4. The van der Waals surface area contributed by atoms with Gasteiger partial charge in [-0.3, -0.25) is 4.79 Å². The highest BCUT2D eigenvalue weighted by Gasteiger charge is 2.17. The van der Waals surface area contributed by atoms with E-state index in [4.69, 9.17) is 5.26 Å². The average Bonchev–Trinajstić information content (AvgIpc) is 2.31. The molecule has 0 bridgehead atoms. The highest BCUT2D eigenvalue weighted by molar-refractivity contribution is 9.10. The largest absolute Gasteiger partial charge is 0.348 e. The fourth-order valence-corrected chi connectivity index (χ4v) is 1.75. The van der Waals surface area contributed by atoms with Crippen LogP contribution in [0.4, 0.5) is 0 Å². The van der Waals surface area contributed by atoms with Gasteiger partial charge in [-0.2, -0.15) is 5.26 Å². The lowest BCUT2D eigenvalue weighted by atomic mass is 10.1. The molecule has 0 aromatic heterocycles. The minimum absolute atomic E-state index is 0.0852. The van der Waals surface area contributed by atoms with Gasteiger partial charge in [0.15, 0.2) is 0 Å². The van der Waals surface area contributed by atoms with Gasteiger partial charge in [0.05, 0.1) is 12.1 Å². The third-order valence-corrected chi connectivity index (χ3v) is 3.14. The molecule has 2 unspecified atom stereocenters. The minimum atomic E-state index is -0.562. The Hall–Kier alpha value is -1.34. The number of nitrogens with one attached hydrogen (secondary N) is 1. The van der Waals surface area contributed by atoms with Crippen molar-refractivity contribution in [3.8, 4) is 6.07 Å². The first-order chi connectivity index (χ1) is 8.08. The molecule has 90 valence electrons. The minimum Gasteiger partial charge on any atom is -0.348 e. The Morgan fingerprint density at radius 2 is 2.06 bits per heavy atom. The summed E-state index contributed by atoms with van der Waals surface area (Å²) in [5.41, 5.74) is 1.02. The molecule has 0 fully saturated rings. The van der Waals surface area contributed by atoms with Crippen molar-refractivity contribution in [2.75, 3.05) is 0 Å². The van der Waals surface area contributed by atoms with Crippen LogP contribution in [0.5, 0.6) is 0 Å². The highest BCUT2D eigenvalue weighted by Crippen LogP contribution is 2.17. The van der Waals surface area contributed by atoms with Gasteiger partial charge in [-0.05, 0) is 31.0 Å². The maximum atomic E-state index is 11.7. The molecule has 1 amide bonds. The molecular weight excluding hydrogens is 280 g/mol. The second kappa shape index (κ2) is 6.41. The molecule has 0 saturated heterocycles. The van der Waals surface area contributed by atoms with Gasteiger partial charge in [0.2, 0.25) is 5.91 Å². The van der Waals surface area contributed by atoms with E-state index in [1.807, 2.05) is 44.2 Å². The standard InChI is InChI=1S/C13H15BrN2O/c1-3-10(8-15)13(17)16-9(2)11-4-6-12(14)7-5-11/h4-7,9-10H,3H2,1-2H3,(H,16,17). The van der Waals surface area contributed by atoms with E-state index in [2.05, 4.69) is 21.2 Å². The molecule has 0 aliphatic heterocycles. The number of benzene rings is 1. The van der Waals surface area contributed by atoms with Crippen LogP contribution in [0.1, 0.15) is 31.9 Å². The maximum Gasteiger partial charge on any atom is 0.237 e. The van der Waals surface area contributed by atoms with Crippen LogP contribution in [-0.4, -0.2) is 5.91 Å². The molecule has 0 aliphatic rings. The first kappa shape index (κ1) is 13.7. The molecular formula is C13H15BrN2O. The Labute approximate surface area is 110 Å². The van der Waals surface area contributed by atoms with Crippen molar-refractivity contribution in [1.29, 1.82) is 5.26 Å². The topological polar surface area (TPSA) is 52.9 Å². The molecule has 1 N–H and O–H groups in total. The molecule has 0 heterocycles. The summed E-state index contributed by atoms with van der Waals surface area (Å²) in [6, 6.07) is 9.67. The smallest absolute Gasteiger partial charge is 0.237 e. The zero-order valence-corrected chi connectivity index (χ0v) is 11.5. The van der Waals surface area contributed by atoms with E-state index in [9.17, 15) is 4.79 Å². The molecule has 4 heteroatoms. The van der Waals surface area contributed by atoms with Crippen molar-refractivity contribution in [3.63, 3.8) is 0 Å². The number of carbonyl (C=O) groups is 1. The fraction of sp³-hybridized carbons (Fsp3) is 0.385. The molecule has 0 aliphatic carbocycles. The average molecular weight is 295 g/mol. The summed E-state index contributed by atoms with van der Waals surface area (Å²) in [4.78, 5) is 11.7. The summed E-state index contributed by atoms with van der Waals surface area (Å²) < 4.78 is 1.00. The second-order valence-corrected chi connectivity index (χ2v) is 4.79. The third kappa shape index (κ3) is 3.86. The van der Waals surface area contributed by atoms with E-state index >= 15 is 0 Å². The van der Waals surface area contributed by atoms with Crippen molar-refractivity contribution in [2.45, 2.75) is 26.3 Å². The number of amides is 1. The molecule has 1 aromatic carbocycles. The van der Waals surface area contributed by atoms with E-state index in [1.54, 1.807) is 0 Å². The van der Waals surface area contributed by atoms with Gasteiger partial charge in [-0.1, -0.05) is 35.0 Å². The highest BCUT2D eigenvalue weighted by atomic mass is 79.9. The van der Waals surface area contributed by atoms with Crippen LogP contribution in [0.25, 0.3) is 0 Å². The van der Waals surface area contributed by atoms with Crippen LogP contribution in [0.15, 0.2) is 28.7 Å². The predicted molar refractivity (Wildman–Crippen MR) is 70.1 cm³/mol. The van der Waals surface area contributed by atoms with Gasteiger partial charge in [0.1, 0.15) is 5.92 Å². The van der Waals surface area contributed by atoms with Crippen molar-refractivity contribution >= 4 is 21.8 Å². The zero-order valence-electron chi connectivity index (χ0n) is 9.90. The van der Waals surface area contributed by atoms with Crippen molar-refractivity contribution in [1.82, 2.24) is 5.32 Å². The van der Waals surface area contributed by atoms with Crippen molar-refractivity contribution < 1.29 is 4.79 Å². The zero-order chi connectivity index (χ0) is 12.8. The van der Waals surface area contributed by atoms with Crippen LogP contribution in [-0.2, 0) is 4.79 Å². The van der Waals surface area contributed by atoms with E-state index in [1.165, 1.54) is 0 Å². The Morgan fingerprint density at radius 3 is 2.53 bits per heavy atom. The molecule has 1 aromatic rings. The maximum absolute atomic E-state index is 11.7. The van der Waals surface area contributed by atoms with Gasteiger partial charge < -0.3 is 5.32 Å². The van der Waals surface area contributed by atoms with Gasteiger partial charge in [0, 0.05) is 4.47 Å². The molecule has 0 spiro atoms. The lowest BCUT2D eigenvalue weighted by Crippen LogP contribution is -2.31. The van der Waals surface area contributed by atoms with Crippen LogP contribution in [0.2, 0.25) is 0 Å². The number of carbonyl (C=O) groups excluding carboxylic acids is 1. The van der Waals surface area contributed by atoms with Crippen LogP contribution >= 0.6 is 15.9 Å². The number of nitrogens with zero attached hydrogens (tertiary/aromatic N) is 1. The van der Waals surface area contributed by atoms with Crippen molar-refractivity contribution in [2.24, 2.45) is 5.92 Å². The quantitative estimate of drug-likeness (QED) is 0.927. The Morgan fingerprint density at radius 1 is 1.47 bits per heavy atom. The van der Waals surface area contributed by atoms with Crippen LogP contribution in [0, 0.1) is 17.2 Å². The number of hydrogen-bond donors (Lipinski definition) is 1. The molecule has 1 rings (SSSR count). The number of halogens is 1. The lowest BCUT2D eigenvalue weighted by molar-refractivity contribution is -0.124. The van der Waals surface area contributed by atoms with Gasteiger partial charge in [0.25, 0.3) is 0 Å². The summed E-state index contributed by atoms with van der Waals surface area (Å²) in [7, 11) is 0. The van der Waals surface area contributed by atoms with Gasteiger partial charge >= 0.3 is 0 Å².